The molecular formula is C11H15ClFNO3S. The maximum atomic E-state index is 13.6. The molecule has 0 aliphatic carbocycles. The Morgan fingerprint density at radius 3 is 2.56 bits per heavy atom. The Hall–Kier alpha value is -0.690. The molecule has 1 aromatic rings. The molecule has 0 amide bonds. The van der Waals surface area contributed by atoms with Gasteiger partial charge in [0.25, 0.3) is 0 Å². The molecule has 1 aromatic carbocycles. The first kappa shape index (κ1) is 15.4. The molecule has 1 unspecified atom stereocenters. The Morgan fingerprint density at radius 2 is 2.11 bits per heavy atom. The molecule has 0 saturated carbocycles. The second-order valence-corrected chi connectivity index (χ2v) is 6.34. The summed E-state index contributed by atoms with van der Waals surface area (Å²) in [6, 6.07) is 3.31. The van der Waals surface area contributed by atoms with E-state index in [1.807, 2.05) is 0 Å². The van der Waals surface area contributed by atoms with Crippen molar-refractivity contribution in [2.45, 2.75) is 30.7 Å². The third kappa shape index (κ3) is 3.41. The summed E-state index contributed by atoms with van der Waals surface area (Å²) >= 11 is 5.56. The SMILES string of the molecule is CCC(C)(CO)NS(=O)(=O)c1ccc(Cl)cc1F. The van der Waals surface area contributed by atoms with Gasteiger partial charge in [0.2, 0.25) is 10.0 Å². The normalized spacial score (nSPS) is 15.4. The molecule has 4 nitrogen and oxygen atoms in total. The summed E-state index contributed by atoms with van der Waals surface area (Å²) < 4.78 is 39.8. The molecule has 0 saturated heterocycles. The molecule has 0 fully saturated rings. The summed E-state index contributed by atoms with van der Waals surface area (Å²) in [4.78, 5) is -0.486. The van der Waals surface area contributed by atoms with Gasteiger partial charge in [0.15, 0.2) is 0 Å². The quantitative estimate of drug-likeness (QED) is 0.872. The van der Waals surface area contributed by atoms with Crippen LogP contribution in [0.25, 0.3) is 0 Å². The summed E-state index contributed by atoms with van der Waals surface area (Å²) in [5.41, 5.74) is -1.02. The highest BCUT2D eigenvalue weighted by Gasteiger charge is 2.30. The van der Waals surface area contributed by atoms with Gasteiger partial charge in [0.1, 0.15) is 10.7 Å². The van der Waals surface area contributed by atoms with Gasteiger partial charge in [-0.25, -0.2) is 17.5 Å². The van der Waals surface area contributed by atoms with Crippen molar-refractivity contribution in [1.29, 1.82) is 0 Å². The van der Waals surface area contributed by atoms with E-state index in [1.54, 1.807) is 13.8 Å². The molecule has 18 heavy (non-hydrogen) atoms. The predicted molar refractivity (Wildman–Crippen MR) is 67.5 cm³/mol. The van der Waals surface area contributed by atoms with Crippen molar-refractivity contribution in [2.24, 2.45) is 0 Å². The first-order valence-electron chi connectivity index (χ1n) is 5.34. The van der Waals surface area contributed by atoms with Crippen LogP contribution in [0.2, 0.25) is 5.02 Å². The molecule has 7 heteroatoms. The first-order chi connectivity index (χ1) is 8.24. The van der Waals surface area contributed by atoms with Gasteiger partial charge in [-0.3, -0.25) is 0 Å². The molecular weight excluding hydrogens is 281 g/mol. The highest BCUT2D eigenvalue weighted by Crippen LogP contribution is 2.21. The zero-order valence-corrected chi connectivity index (χ0v) is 11.6. The largest absolute Gasteiger partial charge is 0.394 e. The standard InChI is InChI=1S/C11H15ClFNO3S/c1-3-11(2,7-15)14-18(16,17)10-5-4-8(12)6-9(10)13/h4-6,14-15H,3,7H2,1-2H3. The topological polar surface area (TPSA) is 66.4 Å². The molecule has 0 radical (unpaired) electrons. The van der Waals surface area contributed by atoms with E-state index in [0.29, 0.717) is 6.42 Å². The van der Waals surface area contributed by atoms with Crippen molar-refractivity contribution in [2.75, 3.05) is 6.61 Å². The van der Waals surface area contributed by atoms with Crippen LogP contribution in [-0.4, -0.2) is 25.7 Å². The average molecular weight is 296 g/mol. The molecule has 0 spiro atoms. The number of nitrogens with one attached hydrogen (secondary N) is 1. The number of hydrogen-bond donors (Lipinski definition) is 2. The van der Waals surface area contributed by atoms with Gasteiger partial charge in [0, 0.05) is 5.02 Å². The minimum atomic E-state index is -4.03. The Balaban J connectivity index is 3.15. The fourth-order valence-corrected chi connectivity index (χ4v) is 2.98. The lowest BCUT2D eigenvalue weighted by atomic mass is 10.0. The number of aliphatic hydroxyl groups excluding tert-OH is 1. The maximum Gasteiger partial charge on any atom is 0.244 e. The summed E-state index contributed by atoms with van der Waals surface area (Å²) in [6.45, 7) is 2.88. The second-order valence-electron chi connectivity index (χ2n) is 4.25. The van der Waals surface area contributed by atoms with E-state index in [9.17, 15) is 12.8 Å². The van der Waals surface area contributed by atoms with Crippen LogP contribution >= 0.6 is 11.6 Å². The van der Waals surface area contributed by atoms with Gasteiger partial charge >= 0.3 is 0 Å². The first-order valence-corrected chi connectivity index (χ1v) is 7.20. The zero-order chi connectivity index (χ0) is 14.0. The molecule has 0 aromatic heterocycles. The number of benzene rings is 1. The Labute approximate surface area is 111 Å². The summed E-state index contributed by atoms with van der Waals surface area (Å²) in [5, 5.41) is 9.28. The van der Waals surface area contributed by atoms with Gasteiger partial charge in [0.05, 0.1) is 12.1 Å². The smallest absolute Gasteiger partial charge is 0.244 e. The highest BCUT2D eigenvalue weighted by molar-refractivity contribution is 7.89. The minimum absolute atomic E-state index is 0.117. The fourth-order valence-electron chi connectivity index (χ4n) is 1.29. The van der Waals surface area contributed by atoms with Crippen LogP contribution in [0.15, 0.2) is 23.1 Å². The Bertz CT molecular complexity index is 529. The van der Waals surface area contributed by atoms with E-state index < -0.39 is 26.3 Å². The number of sulfonamides is 1. The maximum absolute atomic E-state index is 13.6. The third-order valence-corrected chi connectivity index (χ3v) is 4.60. The van der Waals surface area contributed by atoms with Gasteiger partial charge in [-0.2, -0.15) is 0 Å². The lowest BCUT2D eigenvalue weighted by Gasteiger charge is -2.26. The van der Waals surface area contributed by atoms with Crippen LogP contribution < -0.4 is 4.72 Å². The molecule has 2 N–H and O–H groups in total. The van der Waals surface area contributed by atoms with E-state index in [0.717, 1.165) is 12.1 Å². The van der Waals surface area contributed by atoms with E-state index in [2.05, 4.69) is 4.72 Å². The average Bonchev–Trinajstić information content (AvgIpc) is 2.27. The molecule has 102 valence electrons. The molecule has 1 rings (SSSR count). The number of hydrogen-bond acceptors (Lipinski definition) is 3. The van der Waals surface area contributed by atoms with E-state index >= 15 is 0 Å². The third-order valence-electron chi connectivity index (χ3n) is 2.69. The van der Waals surface area contributed by atoms with Gasteiger partial charge in [-0.1, -0.05) is 18.5 Å². The summed E-state index contributed by atoms with van der Waals surface area (Å²) in [6.07, 6.45) is 0.373. The van der Waals surface area contributed by atoms with Crippen molar-refractivity contribution in [1.82, 2.24) is 4.72 Å². The van der Waals surface area contributed by atoms with Crippen LogP contribution in [0.1, 0.15) is 20.3 Å². The highest BCUT2D eigenvalue weighted by atomic mass is 35.5. The van der Waals surface area contributed by atoms with Crippen LogP contribution in [-0.2, 0) is 10.0 Å². The second kappa shape index (κ2) is 5.52. The van der Waals surface area contributed by atoms with E-state index in [4.69, 9.17) is 16.7 Å². The number of aliphatic hydroxyl groups is 1. The fraction of sp³-hybridized carbons (Fsp3) is 0.455. The molecule has 1 atom stereocenters. The monoisotopic (exact) mass is 295 g/mol. The van der Waals surface area contributed by atoms with Crippen molar-refractivity contribution < 1.29 is 17.9 Å². The van der Waals surface area contributed by atoms with Gasteiger partial charge < -0.3 is 5.11 Å². The number of halogens is 2. The van der Waals surface area contributed by atoms with Gasteiger partial charge in [-0.05, 0) is 31.5 Å². The predicted octanol–water partition coefficient (Wildman–Crippen LogP) is 1.92. The van der Waals surface area contributed by atoms with Crippen molar-refractivity contribution in [3.63, 3.8) is 0 Å². The summed E-state index contributed by atoms with van der Waals surface area (Å²) in [7, 11) is -4.03. The van der Waals surface area contributed by atoms with Crippen LogP contribution in [0.5, 0.6) is 0 Å². The van der Waals surface area contributed by atoms with Crippen molar-refractivity contribution in [3.05, 3.63) is 29.0 Å². The van der Waals surface area contributed by atoms with E-state index in [-0.39, 0.29) is 11.6 Å². The molecule has 0 aliphatic rings. The lowest BCUT2D eigenvalue weighted by molar-refractivity contribution is 0.191. The number of rotatable bonds is 5. The van der Waals surface area contributed by atoms with Crippen LogP contribution in [0.3, 0.4) is 0 Å². The Morgan fingerprint density at radius 1 is 1.50 bits per heavy atom. The van der Waals surface area contributed by atoms with Crippen LogP contribution in [0, 0.1) is 5.82 Å². The molecule has 0 aliphatic heterocycles. The minimum Gasteiger partial charge on any atom is -0.394 e. The van der Waals surface area contributed by atoms with Crippen molar-refractivity contribution in [3.8, 4) is 0 Å². The van der Waals surface area contributed by atoms with Gasteiger partial charge in [-0.15, -0.1) is 0 Å². The van der Waals surface area contributed by atoms with Crippen LogP contribution in [0.4, 0.5) is 4.39 Å². The molecule has 0 bridgehead atoms. The lowest BCUT2D eigenvalue weighted by Crippen LogP contribution is -2.48. The zero-order valence-electron chi connectivity index (χ0n) is 10.1. The van der Waals surface area contributed by atoms with Crippen molar-refractivity contribution >= 4 is 21.6 Å². The van der Waals surface area contributed by atoms with E-state index in [1.165, 1.54) is 6.07 Å². The Kier molecular flexibility index (Phi) is 4.72. The summed E-state index contributed by atoms with van der Waals surface area (Å²) in [5.74, 6) is -0.925. The molecule has 0 heterocycles.